The standard InChI is InChI=1S/C16H17NO2/c1-4-16(18)17-14-10-15(19-12(3)11(14)2)13-8-6-5-7-9-13/h5-10H,4H2,1-3H3. The Kier molecular flexibility index (Phi) is 3.95. The number of benzene rings is 1. The molecule has 0 N–H and O–H groups in total. The lowest BCUT2D eigenvalue weighted by molar-refractivity contribution is -0.117. The zero-order valence-electron chi connectivity index (χ0n) is 11.4. The number of carbonyl (C=O) groups is 1. The van der Waals surface area contributed by atoms with Crippen LogP contribution in [0.4, 0.5) is 0 Å². The van der Waals surface area contributed by atoms with Gasteiger partial charge >= 0.3 is 0 Å². The van der Waals surface area contributed by atoms with E-state index in [-0.39, 0.29) is 5.91 Å². The van der Waals surface area contributed by atoms with Crippen molar-refractivity contribution in [3.8, 4) is 11.3 Å². The minimum atomic E-state index is -0.118. The maximum absolute atomic E-state index is 11.5. The molecule has 19 heavy (non-hydrogen) atoms. The fourth-order valence-corrected chi connectivity index (χ4v) is 1.76. The maximum atomic E-state index is 11.5. The molecule has 0 aliphatic carbocycles. The summed E-state index contributed by atoms with van der Waals surface area (Å²) >= 11 is 0. The van der Waals surface area contributed by atoms with Crippen LogP contribution in [0.1, 0.15) is 24.7 Å². The Morgan fingerprint density at radius 3 is 2.53 bits per heavy atom. The van der Waals surface area contributed by atoms with Gasteiger partial charge in [0.15, 0.2) is 0 Å². The molecule has 0 spiro atoms. The van der Waals surface area contributed by atoms with Crippen molar-refractivity contribution in [3.05, 3.63) is 53.1 Å². The predicted octanol–water partition coefficient (Wildman–Crippen LogP) is 3.40. The number of nitrogens with zero attached hydrogens (tertiary/aromatic N) is 1. The molecule has 1 heterocycles. The third-order valence-corrected chi connectivity index (χ3v) is 3.05. The van der Waals surface area contributed by atoms with Gasteiger partial charge in [-0.3, -0.25) is 4.79 Å². The zero-order valence-corrected chi connectivity index (χ0v) is 11.4. The topological polar surface area (TPSA) is 42.6 Å². The van der Waals surface area contributed by atoms with Crippen LogP contribution in [0.25, 0.3) is 11.3 Å². The molecule has 98 valence electrons. The third-order valence-electron chi connectivity index (χ3n) is 3.05. The van der Waals surface area contributed by atoms with Crippen LogP contribution in [0.15, 0.2) is 45.8 Å². The minimum Gasteiger partial charge on any atom is -0.461 e. The van der Waals surface area contributed by atoms with Crippen molar-refractivity contribution in [3.63, 3.8) is 0 Å². The lowest BCUT2D eigenvalue weighted by atomic mass is 10.1. The summed E-state index contributed by atoms with van der Waals surface area (Å²) in [5.41, 5.74) is 1.88. The molecule has 0 saturated carbocycles. The number of carbonyl (C=O) groups excluding carboxylic acids is 1. The molecule has 0 atom stereocenters. The quantitative estimate of drug-likeness (QED) is 0.825. The highest BCUT2D eigenvalue weighted by Crippen LogP contribution is 2.19. The number of aryl methyl sites for hydroxylation is 1. The van der Waals surface area contributed by atoms with E-state index in [0.717, 1.165) is 22.6 Å². The molecule has 2 aromatic rings. The molecule has 0 aliphatic heterocycles. The Labute approximate surface area is 112 Å². The van der Waals surface area contributed by atoms with E-state index in [0.29, 0.717) is 11.8 Å². The first kappa shape index (κ1) is 13.3. The summed E-state index contributed by atoms with van der Waals surface area (Å²) in [6.07, 6.45) is 0.408. The van der Waals surface area contributed by atoms with Gasteiger partial charge in [0.25, 0.3) is 0 Å². The SMILES string of the molecule is CCC(=O)N=c1cc(-c2ccccc2)oc(C)c1C. The number of hydrogen-bond donors (Lipinski definition) is 0. The molecule has 1 amide bonds. The van der Waals surface area contributed by atoms with Gasteiger partial charge < -0.3 is 4.42 Å². The van der Waals surface area contributed by atoms with E-state index in [4.69, 9.17) is 4.42 Å². The predicted molar refractivity (Wildman–Crippen MR) is 74.5 cm³/mol. The van der Waals surface area contributed by atoms with E-state index in [2.05, 4.69) is 4.99 Å². The normalized spacial score (nSPS) is 11.6. The largest absolute Gasteiger partial charge is 0.461 e. The van der Waals surface area contributed by atoms with Crippen LogP contribution in [-0.2, 0) is 4.79 Å². The fourth-order valence-electron chi connectivity index (χ4n) is 1.76. The Morgan fingerprint density at radius 1 is 1.21 bits per heavy atom. The van der Waals surface area contributed by atoms with E-state index in [1.807, 2.05) is 50.2 Å². The van der Waals surface area contributed by atoms with Gasteiger partial charge in [-0.05, 0) is 13.8 Å². The van der Waals surface area contributed by atoms with Crippen LogP contribution in [0, 0.1) is 13.8 Å². The van der Waals surface area contributed by atoms with Crippen LogP contribution >= 0.6 is 0 Å². The van der Waals surface area contributed by atoms with Gasteiger partial charge in [0.1, 0.15) is 11.5 Å². The minimum absolute atomic E-state index is 0.118. The highest BCUT2D eigenvalue weighted by Gasteiger charge is 2.06. The van der Waals surface area contributed by atoms with Crippen LogP contribution in [0.2, 0.25) is 0 Å². The third kappa shape index (κ3) is 2.99. The van der Waals surface area contributed by atoms with E-state index in [9.17, 15) is 4.79 Å². The van der Waals surface area contributed by atoms with Crippen LogP contribution in [0.5, 0.6) is 0 Å². The molecule has 1 aromatic carbocycles. The lowest BCUT2D eigenvalue weighted by Crippen LogP contribution is -2.11. The van der Waals surface area contributed by atoms with Gasteiger partial charge in [-0.2, -0.15) is 0 Å². The number of hydrogen-bond acceptors (Lipinski definition) is 2. The molecule has 2 rings (SSSR count). The summed E-state index contributed by atoms with van der Waals surface area (Å²) < 4.78 is 5.78. The second-order valence-corrected chi connectivity index (χ2v) is 4.40. The first-order valence-corrected chi connectivity index (χ1v) is 6.36. The monoisotopic (exact) mass is 255 g/mol. The van der Waals surface area contributed by atoms with Gasteiger partial charge in [0, 0.05) is 23.6 Å². The van der Waals surface area contributed by atoms with E-state index >= 15 is 0 Å². The van der Waals surface area contributed by atoms with E-state index in [1.54, 1.807) is 6.92 Å². The highest BCUT2D eigenvalue weighted by molar-refractivity contribution is 5.76. The van der Waals surface area contributed by atoms with Crippen molar-refractivity contribution < 1.29 is 9.21 Å². The first-order chi connectivity index (χ1) is 9.11. The maximum Gasteiger partial charge on any atom is 0.245 e. The summed E-state index contributed by atoms with van der Waals surface area (Å²) in [6.45, 7) is 5.60. The Hall–Kier alpha value is -2.16. The molecule has 3 heteroatoms. The van der Waals surface area contributed by atoms with E-state index in [1.165, 1.54) is 0 Å². The van der Waals surface area contributed by atoms with Crippen molar-refractivity contribution in [2.45, 2.75) is 27.2 Å². The van der Waals surface area contributed by atoms with Crippen LogP contribution < -0.4 is 5.36 Å². The summed E-state index contributed by atoms with van der Waals surface area (Å²) in [6, 6.07) is 11.6. The van der Waals surface area contributed by atoms with E-state index < -0.39 is 0 Å². The molecule has 0 unspecified atom stereocenters. The first-order valence-electron chi connectivity index (χ1n) is 6.36. The Bertz CT molecular complexity index is 654. The van der Waals surface area contributed by atoms with Crippen molar-refractivity contribution in [1.29, 1.82) is 0 Å². The van der Waals surface area contributed by atoms with Gasteiger partial charge in [0.2, 0.25) is 5.91 Å². The van der Waals surface area contributed by atoms with Crippen molar-refractivity contribution >= 4 is 5.91 Å². The number of rotatable bonds is 2. The molecule has 0 bridgehead atoms. The summed E-state index contributed by atoms with van der Waals surface area (Å²) in [5.74, 6) is 1.39. The van der Waals surface area contributed by atoms with Crippen LogP contribution in [0.3, 0.4) is 0 Å². The second-order valence-electron chi connectivity index (χ2n) is 4.40. The molecule has 0 saturated heterocycles. The van der Waals surface area contributed by atoms with Crippen molar-refractivity contribution in [1.82, 2.24) is 0 Å². The van der Waals surface area contributed by atoms with Gasteiger partial charge in [-0.1, -0.05) is 37.3 Å². The van der Waals surface area contributed by atoms with Gasteiger partial charge in [-0.25, -0.2) is 4.99 Å². The lowest BCUT2D eigenvalue weighted by Gasteiger charge is -2.05. The summed E-state index contributed by atoms with van der Waals surface area (Å²) in [7, 11) is 0. The van der Waals surface area contributed by atoms with Crippen molar-refractivity contribution in [2.75, 3.05) is 0 Å². The summed E-state index contributed by atoms with van der Waals surface area (Å²) in [5, 5.41) is 0.689. The average Bonchev–Trinajstić information content (AvgIpc) is 2.44. The molecule has 3 nitrogen and oxygen atoms in total. The Morgan fingerprint density at radius 2 is 1.89 bits per heavy atom. The van der Waals surface area contributed by atoms with Gasteiger partial charge in [0.05, 0.1) is 5.36 Å². The Balaban J connectivity index is 2.61. The molecule has 0 aliphatic rings. The average molecular weight is 255 g/mol. The molecule has 0 radical (unpaired) electrons. The molecular weight excluding hydrogens is 238 g/mol. The van der Waals surface area contributed by atoms with Crippen LogP contribution in [-0.4, -0.2) is 5.91 Å². The fraction of sp³-hybridized carbons (Fsp3) is 0.250. The van der Waals surface area contributed by atoms with Crippen molar-refractivity contribution in [2.24, 2.45) is 4.99 Å². The van der Waals surface area contributed by atoms with Gasteiger partial charge in [-0.15, -0.1) is 0 Å². The molecule has 1 aromatic heterocycles. The molecular formula is C16H17NO2. The smallest absolute Gasteiger partial charge is 0.245 e. The highest BCUT2D eigenvalue weighted by atomic mass is 16.3. The number of amides is 1. The molecule has 0 fully saturated rings. The summed E-state index contributed by atoms with van der Waals surface area (Å²) in [4.78, 5) is 15.6. The second kappa shape index (κ2) is 5.65. The zero-order chi connectivity index (χ0) is 13.8.